The van der Waals surface area contributed by atoms with Crippen molar-refractivity contribution in [1.29, 1.82) is 0 Å². The summed E-state index contributed by atoms with van der Waals surface area (Å²) in [5.74, 6) is 0.903. The molecular formula is C11H21N3OSn. The zero-order valence-electron chi connectivity index (χ0n) is 10.7. The molecule has 90 valence electrons. The predicted molar refractivity (Wildman–Crippen MR) is 70.0 cm³/mol. The number of anilines is 1. The first kappa shape index (κ1) is 13.7. The Morgan fingerprint density at radius 2 is 2.06 bits per heavy atom. The van der Waals surface area contributed by atoms with E-state index in [2.05, 4.69) is 36.2 Å². The molecule has 0 aliphatic rings. The molecule has 0 bridgehead atoms. The zero-order chi connectivity index (χ0) is 12.2. The Balaban J connectivity index is 2.68. The third-order valence-corrected chi connectivity index (χ3v) is 7.58. The fourth-order valence-corrected chi connectivity index (χ4v) is 4.09. The second-order valence-corrected chi connectivity index (χ2v) is 19.3. The Kier molecular flexibility index (Phi) is 4.98. The zero-order valence-corrected chi connectivity index (χ0v) is 13.6. The summed E-state index contributed by atoms with van der Waals surface area (Å²) >= 11 is -2.07. The number of nitrogens with zero attached hydrogens (tertiary/aromatic N) is 2. The SMILES string of the molecule is COC(C)CNc1c[c]([Sn]([CH3])([CH3])[CH3])ncn1. The Bertz CT molecular complexity index is 338. The second-order valence-electron chi connectivity index (χ2n) is 4.97. The molecule has 1 heterocycles. The van der Waals surface area contributed by atoms with Crippen LogP contribution in [0.5, 0.6) is 0 Å². The van der Waals surface area contributed by atoms with E-state index in [9.17, 15) is 0 Å². The van der Waals surface area contributed by atoms with Crippen molar-refractivity contribution in [2.75, 3.05) is 19.0 Å². The van der Waals surface area contributed by atoms with Crippen molar-refractivity contribution in [3.8, 4) is 0 Å². The first-order chi connectivity index (χ1) is 7.43. The van der Waals surface area contributed by atoms with E-state index >= 15 is 0 Å². The number of rotatable bonds is 5. The number of hydrogen-bond donors (Lipinski definition) is 1. The summed E-state index contributed by atoms with van der Waals surface area (Å²) < 4.78 is 6.42. The molecule has 5 heteroatoms. The van der Waals surface area contributed by atoms with Crippen LogP contribution < -0.4 is 9.03 Å². The molecule has 4 nitrogen and oxygen atoms in total. The van der Waals surface area contributed by atoms with Crippen molar-refractivity contribution in [3.63, 3.8) is 0 Å². The molecule has 0 aromatic carbocycles. The number of hydrogen-bond acceptors (Lipinski definition) is 4. The summed E-state index contributed by atoms with van der Waals surface area (Å²) in [4.78, 5) is 15.6. The van der Waals surface area contributed by atoms with Gasteiger partial charge in [-0.15, -0.1) is 0 Å². The molecule has 0 spiro atoms. The number of ether oxygens (including phenoxy) is 1. The number of methoxy groups -OCH3 is 1. The van der Waals surface area contributed by atoms with Crippen LogP contribution in [-0.2, 0) is 4.74 Å². The van der Waals surface area contributed by atoms with Crippen molar-refractivity contribution >= 4 is 27.9 Å². The first-order valence-electron chi connectivity index (χ1n) is 5.52. The maximum atomic E-state index is 5.18. The average Bonchev–Trinajstić information content (AvgIpc) is 2.25. The molecule has 1 unspecified atom stereocenters. The van der Waals surface area contributed by atoms with Gasteiger partial charge >= 0.3 is 102 Å². The van der Waals surface area contributed by atoms with E-state index in [1.807, 2.05) is 6.92 Å². The minimum atomic E-state index is -2.07. The van der Waals surface area contributed by atoms with Gasteiger partial charge in [-0.25, -0.2) is 0 Å². The van der Waals surface area contributed by atoms with Crippen LogP contribution in [0.2, 0.25) is 14.8 Å². The molecule has 0 amide bonds. The van der Waals surface area contributed by atoms with Crippen LogP contribution in [-0.4, -0.2) is 48.1 Å². The van der Waals surface area contributed by atoms with E-state index in [4.69, 9.17) is 4.74 Å². The van der Waals surface area contributed by atoms with Gasteiger partial charge in [0.05, 0.1) is 0 Å². The fourth-order valence-electron chi connectivity index (χ4n) is 1.20. The van der Waals surface area contributed by atoms with Gasteiger partial charge in [0, 0.05) is 0 Å². The first-order valence-corrected chi connectivity index (χ1v) is 15.5. The topological polar surface area (TPSA) is 47.0 Å². The molecule has 0 aliphatic heterocycles. The summed E-state index contributed by atoms with van der Waals surface area (Å²) in [5.41, 5.74) is 0. The molecule has 1 N–H and O–H groups in total. The fraction of sp³-hybridized carbons (Fsp3) is 0.636. The number of aromatic nitrogens is 2. The van der Waals surface area contributed by atoms with Gasteiger partial charge in [-0.3, -0.25) is 0 Å². The van der Waals surface area contributed by atoms with E-state index in [-0.39, 0.29) is 6.10 Å². The van der Waals surface area contributed by atoms with Crippen LogP contribution >= 0.6 is 0 Å². The van der Waals surface area contributed by atoms with Crippen molar-refractivity contribution in [2.24, 2.45) is 0 Å². The van der Waals surface area contributed by atoms with E-state index < -0.39 is 18.4 Å². The van der Waals surface area contributed by atoms with Crippen LogP contribution in [0.15, 0.2) is 12.4 Å². The van der Waals surface area contributed by atoms with Crippen molar-refractivity contribution in [1.82, 2.24) is 9.97 Å². The van der Waals surface area contributed by atoms with Gasteiger partial charge in [0.1, 0.15) is 0 Å². The molecule has 0 saturated carbocycles. The van der Waals surface area contributed by atoms with Gasteiger partial charge in [-0.05, 0) is 0 Å². The van der Waals surface area contributed by atoms with Gasteiger partial charge in [0.25, 0.3) is 0 Å². The average molecular weight is 330 g/mol. The molecular weight excluding hydrogens is 309 g/mol. The molecule has 1 atom stereocenters. The molecule has 0 fully saturated rings. The normalized spacial score (nSPS) is 13.6. The Morgan fingerprint density at radius 3 is 2.62 bits per heavy atom. The predicted octanol–water partition coefficient (Wildman–Crippen LogP) is 1.47. The second kappa shape index (κ2) is 5.82. The van der Waals surface area contributed by atoms with Crippen LogP contribution in [0.4, 0.5) is 5.82 Å². The number of nitrogens with one attached hydrogen (secondary N) is 1. The summed E-state index contributed by atoms with van der Waals surface area (Å²) in [7, 11) is 1.71. The van der Waals surface area contributed by atoms with Gasteiger partial charge in [0.2, 0.25) is 0 Å². The van der Waals surface area contributed by atoms with Crippen LogP contribution in [0.3, 0.4) is 0 Å². The van der Waals surface area contributed by atoms with Crippen molar-refractivity contribution < 1.29 is 4.74 Å². The molecule has 1 aromatic heterocycles. The van der Waals surface area contributed by atoms with Gasteiger partial charge in [0.15, 0.2) is 0 Å². The summed E-state index contributed by atoms with van der Waals surface area (Å²) in [6.07, 6.45) is 1.84. The molecule has 0 radical (unpaired) electrons. The third kappa shape index (κ3) is 4.25. The van der Waals surface area contributed by atoms with Crippen molar-refractivity contribution in [3.05, 3.63) is 12.4 Å². The van der Waals surface area contributed by atoms with E-state index in [1.54, 1.807) is 13.4 Å². The molecule has 1 aromatic rings. The van der Waals surface area contributed by atoms with Crippen LogP contribution in [0, 0.1) is 0 Å². The summed E-state index contributed by atoms with van der Waals surface area (Å²) in [5, 5.41) is 3.27. The minimum absolute atomic E-state index is 0.191. The monoisotopic (exact) mass is 331 g/mol. The van der Waals surface area contributed by atoms with Crippen molar-refractivity contribution in [2.45, 2.75) is 27.8 Å². The molecule has 1 rings (SSSR count). The van der Waals surface area contributed by atoms with E-state index in [1.165, 1.54) is 3.71 Å². The van der Waals surface area contributed by atoms with E-state index in [0.29, 0.717) is 0 Å². The Labute approximate surface area is 102 Å². The standard InChI is InChI=1S/C8H12N3O.3CH3.Sn/c1-7(12-2)5-10-8-3-4-9-6-11-8;;;;/h3,6-7H,5H2,1-2H3,(H,9,10,11);3*1H3;. The van der Waals surface area contributed by atoms with E-state index in [0.717, 1.165) is 12.4 Å². The third-order valence-electron chi connectivity index (χ3n) is 2.41. The summed E-state index contributed by atoms with van der Waals surface area (Å²) in [6, 6.07) is 2.08. The molecule has 0 saturated heterocycles. The van der Waals surface area contributed by atoms with Crippen LogP contribution in [0.25, 0.3) is 0 Å². The van der Waals surface area contributed by atoms with Gasteiger partial charge in [-0.2, -0.15) is 0 Å². The maximum absolute atomic E-state index is 5.18. The molecule has 0 aliphatic carbocycles. The Hall–Kier alpha value is -0.361. The quantitative estimate of drug-likeness (QED) is 0.831. The Morgan fingerprint density at radius 1 is 1.38 bits per heavy atom. The van der Waals surface area contributed by atoms with Gasteiger partial charge < -0.3 is 0 Å². The van der Waals surface area contributed by atoms with Gasteiger partial charge in [-0.1, -0.05) is 0 Å². The summed E-state index contributed by atoms with van der Waals surface area (Å²) in [6.45, 7) is 2.80. The van der Waals surface area contributed by atoms with Crippen LogP contribution in [0.1, 0.15) is 6.92 Å². The molecule has 16 heavy (non-hydrogen) atoms.